The highest BCUT2D eigenvalue weighted by molar-refractivity contribution is 6.15. The number of hydrogen-bond donors (Lipinski definition) is 2. The molecule has 0 aliphatic rings. The van der Waals surface area contributed by atoms with Gasteiger partial charge in [0.2, 0.25) is 11.5 Å². The summed E-state index contributed by atoms with van der Waals surface area (Å²) in [5.41, 5.74) is 3.92. The Labute approximate surface area is 221 Å². The number of para-hydroxylation sites is 2. The molecule has 0 saturated heterocycles. The summed E-state index contributed by atoms with van der Waals surface area (Å²) in [6, 6.07) is 39.0. The van der Waals surface area contributed by atoms with Crippen LogP contribution in [0.25, 0.3) is 22.3 Å². The van der Waals surface area contributed by atoms with Crippen LogP contribution in [0.2, 0.25) is 0 Å². The van der Waals surface area contributed by atoms with Crippen LogP contribution in [-0.4, -0.2) is 11.8 Å². The van der Waals surface area contributed by atoms with E-state index >= 15 is 0 Å². The number of hydrogen-bond acceptors (Lipinski definition) is 4. The van der Waals surface area contributed by atoms with Gasteiger partial charge in [-0.15, -0.1) is 0 Å². The maximum absolute atomic E-state index is 13.4. The van der Waals surface area contributed by atoms with Gasteiger partial charge in [-0.25, -0.2) is 0 Å². The third kappa shape index (κ3) is 6.04. The minimum Gasteiger partial charge on any atom is -0.444 e. The molecule has 0 unspecified atom stereocenters. The molecule has 38 heavy (non-hydrogen) atoms. The molecule has 0 spiro atoms. The van der Waals surface area contributed by atoms with Crippen LogP contribution in [0, 0.1) is 11.3 Å². The SMILES string of the molecule is CC#N.O=C(Nc1ccccc1)c1oc(C(=O)Nc2ccccc2)c(-c2ccccc2)c1-c1ccccc1. The Kier molecular flexibility index (Phi) is 8.46. The van der Waals surface area contributed by atoms with Crippen LogP contribution in [0.1, 0.15) is 28.0 Å². The number of furan rings is 1. The number of nitrogens with one attached hydrogen (secondary N) is 2. The molecule has 2 N–H and O–H groups in total. The van der Waals surface area contributed by atoms with Gasteiger partial charge < -0.3 is 15.1 Å². The summed E-state index contributed by atoms with van der Waals surface area (Å²) in [5, 5.41) is 13.1. The average molecular weight is 500 g/mol. The summed E-state index contributed by atoms with van der Waals surface area (Å²) < 4.78 is 6.10. The van der Waals surface area contributed by atoms with Crippen molar-refractivity contribution >= 4 is 23.2 Å². The summed E-state index contributed by atoms with van der Waals surface area (Å²) in [5.74, 6) is -0.744. The second kappa shape index (κ2) is 12.5. The van der Waals surface area contributed by atoms with Crippen LogP contribution in [-0.2, 0) is 0 Å². The van der Waals surface area contributed by atoms with Crippen molar-refractivity contribution in [3.8, 4) is 28.3 Å². The number of anilines is 2. The van der Waals surface area contributed by atoms with Crippen LogP contribution < -0.4 is 10.6 Å². The zero-order valence-electron chi connectivity index (χ0n) is 20.7. The van der Waals surface area contributed by atoms with E-state index in [1.807, 2.05) is 97.1 Å². The maximum atomic E-state index is 13.4. The van der Waals surface area contributed by atoms with Crippen molar-refractivity contribution in [3.05, 3.63) is 133 Å². The zero-order valence-corrected chi connectivity index (χ0v) is 20.7. The molecule has 0 aliphatic carbocycles. The zero-order chi connectivity index (χ0) is 26.7. The van der Waals surface area contributed by atoms with E-state index in [-0.39, 0.29) is 11.5 Å². The summed E-state index contributed by atoms with van der Waals surface area (Å²) in [4.78, 5) is 26.9. The van der Waals surface area contributed by atoms with E-state index < -0.39 is 11.8 Å². The first-order chi connectivity index (χ1) is 18.6. The third-order valence-corrected chi connectivity index (χ3v) is 5.51. The van der Waals surface area contributed by atoms with Gasteiger partial charge in [-0.3, -0.25) is 9.59 Å². The van der Waals surface area contributed by atoms with Crippen LogP contribution in [0.4, 0.5) is 11.4 Å². The van der Waals surface area contributed by atoms with Gasteiger partial charge >= 0.3 is 0 Å². The van der Waals surface area contributed by atoms with Gasteiger partial charge in [0.15, 0.2) is 0 Å². The Bertz CT molecular complexity index is 1430. The molecular formula is C32H25N3O3. The molecule has 0 fully saturated rings. The third-order valence-electron chi connectivity index (χ3n) is 5.51. The van der Waals surface area contributed by atoms with Crippen molar-refractivity contribution in [1.82, 2.24) is 0 Å². The molecule has 0 bridgehead atoms. The van der Waals surface area contributed by atoms with Crippen molar-refractivity contribution in [3.63, 3.8) is 0 Å². The number of nitrogens with zero attached hydrogens (tertiary/aromatic N) is 1. The van der Waals surface area contributed by atoms with Crippen molar-refractivity contribution in [2.75, 3.05) is 10.6 Å². The highest BCUT2D eigenvalue weighted by atomic mass is 16.4. The molecule has 0 aliphatic heterocycles. The predicted molar refractivity (Wildman–Crippen MR) is 150 cm³/mol. The fourth-order valence-corrected chi connectivity index (χ4v) is 3.93. The van der Waals surface area contributed by atoms with Crippen molar-refractivity contribution in [2.45, 2.75) is 6.92 Å². The minimum atomic E-state index is -0.439. The van der Waals surface area contributed by atoms with Crippen LogP contribution in [0.5, 0.6) is 0 Å². The smallest absolute Gasteiger partial charge is 0.292 e. The molecule has 0 atom stereocenters. The number of carbonyl (C=O) groups excluding carboxylic acids is 2. The summed E-state index contributed by atoms with van der Waals surface area (Å²) in [7, 11) is 0. The van der Waals surface area contributed by atoms with Crippen molar-refractivity contribution < 1.29 is 14.0 Å². The molecule has 0 radical (unpaired) electrons. The van der Waals surface area contributed by atoms with Gasteiger partial charge in [0.1, 0.15) is 0 Å². The first-order valence-corrected chi connectivity index (χ1v) is 11.9. The maximum Gasteiger partial charge on any atom is 0.292 e. The lowest BCUT2D eigenvalue weighted by atomic mass is 9.94. The molecule has 6 nitrogen and oxygen atoms in total. The Morgan fingerprint density at radius 3 is 1.18 bits per heavy atom. The Morgan fingerprint density at radius 1 is 0.579 bits per heavy atom. The molecule has 5 aromatic rings. The lowest BCUT2D eigenvalue weighted by Crippen LogP contribution is -2.13. The number of benzene rings is 4. The quantitative estimate of drug-likeness (QED) is 0.251. The molecule has 5 rings (SSSR count). The molecule has 0 saturated carbocycles. The fourth-order valence-electron chi connectivity index (χ4n) is 3.93. The highest BCUT2D eigenvalue weighted by Gasteiger charge is 2.30. The normalized spacial score (nSPS) is 9.89. The van der Waals surface area contributed by atoms with E-state index in [9.17, 15) is 9.59 Å². The number of rotatable bonds is 6. The molecular weight excluding hydrogens is 474 g/mol. The standard InChI is InChI=1S/C30H22N2O3.C2H3N/c33-29(31-23-17-9-3-10-18-23)27-25(21-13-5-1-6-14-21)26(22-15-7-2-8-16-22)28(35-27)30(34)32-24-19-11-4-12-20-24;1-2-3/h1-20H,(H,31,33)(H,32,34);1H3. The van der Waals surface area contributed by atoms with E-state index in [2.05, 4.69) is 10.6 Å². The Balaban J connectivity index is 0.00000107. The topological polar surface area (TPSA) is 95.1 Å². The summed E-state index contributed by atoms with van der Waals surface area (Å²) in [6.45, 7) is 1.43. The van der Waals surface area contributed by atoms with E-state index in [0.717, 1.165) is 11.1 Å². The van der Waals surface area contributed by atoms with E-state index in [1.54, 1.807) is 30.3 Å². The van der Waals surface area contributed by atoms with Gasteiger partial charge in [-0.2, -0.15) is 5.26 Å². The Hall–Kier alpha value is -5.41. The predicted octanol–water partition coefficient (Wildman–Crippen LogP) is 7.65. The summed E-state index contributed by atoms with van der Waals surface area (Å²) in [6.07, 6.45) is 0. The lowest BCUT2D eigenvalue weighted by Gasteiger charge is -2.09. The monoisotopic (exact) mass is 499 g/mol. The van der Waals surface area contributed by atoms with Crippen LogP contribution in [0.15, 0.2) is 126 Å². The highest BCUT2D eigenvalue weighted by Crippen LogP contribution is 2.40. The van der Waals surface area contributed by atoms with Gasteiger partial charge in [0.25, 0.3) is 11.8 Å². The van der Waals surface area contributed by atoms with E-state index in [1.165, 1.54) is 6.92 Å². The van der Waals surface area contributed by atoms with Gasteiger partial charge in [-0.05, 0) is 35.4 Å². The minimum absolute atomic E-state index is 0.0668. The van der Waals surface area contributed by atoms with Crippen molar-refractivity contribution in [1.29, 1.82) is 5.26 Å². The molecule has 4 aromatic carbocycles. The average Bonchev–Trinajstić information content (AvgIpc) is 3.37. The van der Waals surface area contributed by atoms with Crippen LogP contribution in [0.3, 0.4) is 0 Å². The van der Waals surface area contributed by atoms with E-state index in [4.69, 9.17) is 9.68 Å². The molecule has 6 heteroatoms. The number of nitriles is 1. The van der Waals surface area contributed by atoms with Gasteiger partial charge in [0.05, 0.1) is 6.07 Å². The largest absolute Gasteiger partial charge is 0.444 e. The van der Waals surface area contributed by atoms with Crippen LogP contribution >= 0.6 is 0 Å². The number of amides is 2. The van der Waals surface area contributed by atoms with E-state index in [0.29, 0.717) is 22.5 Å². The summed E-state index contributed by atoms with van der Waals surface area (Å²) >= 11 is 0. The lowest BCUT2D eigenvalue weighted by molar-refractivity contribution is 0.0975. The number of carbonyl (C=O) groups is 2. The van der Waals surface area contributed by atoms with Crippen molar-refractivity contribution in [2.24, 2.45) is 0 Å². The fraction of sp³-hybridized carbons (Fsp3) is 0.0312. The Morgan fingerprint density at radius 2 is 0.868 bits per heavy atom. The first kappa shape index (κ1) is 25.7. The molecule has 1 aromatic heterocycles. The molecule has 186 valence electrons. The molecule has 1 heterocycles. The van der Waals surface area contributed by atoms with Gasteiger partial charge in [0, 0.05) is 29.4 Å². The molecule has 2 amide bonds. The first-order valence-electron chi connectivity index (χ1n) is 11.9. The van der Waals surface area contributed by atoms with Gasteiger partial charge in [-0.1, -0.05) is 97.1 Å². The second-order valence-corrected chi connectivity index (χ2v) is 8.11. The second-order valence-electron chi connectivity index (χ2n) is 8.11.